The number of carboxylic acids is 1. The number of hydrogen-bond donors (Lipinski definition) is 1. The minimum Gasteiger partial charge on any atom is -0.477 e. The van der Waals surface area contributed by atoms with E-state index in [1.54, 1.807) is 6.07 Å². The van der Waals surface area contributed by atoms with Gasteiger partial charge < -0.3 is 5.11 Å². The molecule has 4 nitrogen and oxygen atoms in total. The Kier molecular flexibility index (Phi) is 3.51. The fourth-order valence-corrected chi connectivity index (χ4v) is 2.59. The van der Waals surface area contributed by atoms with E-state index in [0.717, 1.165) is 22.4 Å². The molecule has 0 amide bonds. The molecule has 0 spiro atoms. The Morgan fingerprint density at radius 2 is 1.64 bits per heavy atom. The Balaban J connectivity index is 2.24. The molecular weight excluding hydrogens is 276 g/mol. The van der Waals surface area contributed by atoms with Gasteiger partial charge in [-0.3, -0.25) is 0 Å². The normalized spacial score (nSPS) is 10.6. The monoisotopic (exact) mass is 292 g/mol. The van der Waals surface area contributed by atoms with Crippen LogP contribution in [0.25, 0.3) is 16.9 Å². The molecule has 22 heavy (non-hydrogen) atoms. The maximum Gasteiger partial charge on any atom is 0.354 e. The minimum atomic E-state index is -0.989. The number of para-hydroxylation sites is 1. The van der Waals surface area contributed by atoms with Crippen molar-refractivity contribution in [1.82, 2.24) is 9.78 Å². The van der Waals surface area contributed by atoms with Crippen LogP contribution in [0.3, 0.4) is 0 Å². The number of aryl methyl sites for hydroxylation is 2. The van der Waals surface area contributed by atoms with Crippen molar-refractivity contribution < 1.29 is 9.90 Å². The molecule has 0 atom stereocenters. The standard InChI is InChI=1S/C18H16N2O2/c1-12-7-6-8-13(2)17(12)20-16(18(21)22)11-15(19-20)14-9-4-3-5-10-14/h3-11H,1-2H3,(H,21,22). The van der Waals surface area contributed by atoms with Crippen LogP contribution >= 0.6 is 0 Å². The molecule has 0 radical (unpaired) electrons. The van der Waals surface area contributed by atoms with Gasteiger partial charge in [0.05, 0.1) is 11.4 Å². The lowest BCUT2D eigenvalue weighted by Crippen LogP contribution is -2.10. The molecule has 0 aliphatic rings. The smallest absolute Gasteiger partial charge is 0.354 e. The molecule has 0 aliphatic heterocycles. The molecule has 0 bridgehead atoms. The van der Waals surface area contributed by atoms with Crippen LogP contribution in [0.1, 0.15) is 21.6 Å². The molecule has 0 aliphatic carbocycles. The second-order valence-corrected chi connectivity index (χ2v) is 5.24. The molecule has 4 heteroatoms. The second kappa shape index (κ2) is 5.48. The van der Waals surface area contributed by atoms with E-state index in [-0.39, 0.29) is 5.69 Å². The van der Waals surface area contributed by atoms with Crippen LogP contribution in [0.2, 0.25) is 0 Å². The quantitative estimate of drug-likeness (QED) is 0.797. The van der Waals surface area contributed by atoms with Crippen molar-refractivity contribution >= 4 is 5.97 Å². The SMILES string of the molecule is Cc1cccc(C)c1-n1nc(-c2ccccc2)cc1C(=O)O. The maximum absolute atomic E-state index is 11.6. The van der Waals surface area contributed by atoms with Crippen molar-refractivity contribution in [2.24, 2.45) is 0 Å². The summed E-state index contributed by atoms with van der Waals surface area (Å²) < 4.78 is 1.52. The molecule has 2 aromatic carbocycles. The highest BCUT2D eigenvalue weighted by Crippen LogP contribution is 2.25. The zero-order chi connectivity index (χ0) is 15.7. The van der Waals surface area contributed by atoms with Crippen LogP contribution in [0.15, 0.2) is 54.6 Å². The van der Waals surface area contributed by atoms with Gasteiger partial charge in [0.15, 0.2) is 5.69 Å². The molecule has 0 saturated heterocycles. The Bertz CT molecular complexity index is 815. The van der Waals surface area contributed by atoms with Gasteiger partial charge >= 0.3 is 5.97 Å². The van der Waals surface area contributed by atoms with E-state index in [1.165, 1.54) is 4.68 Å². The lowest BCUT2D eigenvalue weighted by atomic mass is 10.1. The van der Waals surface area contributed by atoms with Gasteiger partial charge in [-0.25, -0.2) is 9.48 Å². The minimum absolute atomic E-state index is 0.163. The van der Waals surface area contributed by atoms with Gasteiger partial charge in [0.25, 0.3) is 0 Å². The van der Waals surface area contributed by atoms with E-state index in [0.29, 0.717) is 5.69 Å². The van der Waals surface area contributed by atoms with Crippen molar-refractivity contribution in [3.8, 4) is 16.9 Å². The van der Waals surface area contributed by atoms with Crippen molar-refractivity contribution in [3.05, 3.63) is 71.4 Å². The number of rotatable bonds is 3. The summed E-state index contributed by atoms with van der Waals surface area (Å²) in [6.45, 7) is 3.91. The summed E-state index contributed by atoms with van der Waals surface area (Å²) in [5, 5.41) is 14.0. The maximum atomic E-state index is 11.6. The largest absolute Gasteiger partial charge is 0.477 e. The summed E-state index contributed by atoms with van der Waals surface area (Å²) in [6.07, 6.45) is 0. The van der Waals surface area contributed by atoms with Crippen molar-refractivity contribution in [2.75, 3.05) is 0 Å². The van der Waals surface area contributed by atoms with E-state index in [9.17, 15) is 9.90 Å². The van der Waals surface area contributed by atoms with E-state index < -0.39 is 5.97 Å². The summed E-state index contributed by atoms with van der Waals surface area (Å²) in [5.74, 6) is -0.989. The molecule has 0 unspecified atom stereocenters. The van der Waals surface area contributed by atoms with Gasteiger partial charge in [0.1, 0.15) is 0 Å². The van der Waals surface area contributed by atoms with Crippen molar-refractivity contribution in [2.45, 2.75) is 13.8 Å². The highest BCUT2D eigenvalue weighted by atomic mass is 16.4. The Morgan fingerprint density at radius 1 is 1.00 bits per heavy atom. The van der Waals surface area contributed by atoms with Crippen LogP contribution in [0, 0.1) is 13.8 Å². The van der Waals surface area contributed by atoms with E-state index in [4.69, 9.17) is 0 Å². The van der Waals surface area contributed by atoms with Crippen LogP contribution in [0.4, 0.5) is 0 Å². The van der Waals surface area contributed by atoms with Gasteiger partial charge in [-0.1, -0.05) is 48.5 Å². The van der Waals surface area contributed by atoms with Crippen molar-refractivity contribution in [1.29, 1.82) is 0 Å². The number of aromatic nitrogens is 2. The first-order chi connectivity index (χ1) is 10.6. The van der Waals surface area contributed by atoms with Gasteiger partial charge in [-0.15, -0.1) is 0 Å². The summed E-state index contributed by atoms with van der Waals surface area (Å²) >= 11 is 0. The lowest BCUT2D eigenvalue weighted by Gasteiger charge is -2.11. The van der Waals surface area contributed by atoms with Crippen LogP contribution in [-0.4, -0.2) is 20.9 Å². The molecule has 3 aromatic rings. The highest BCUT2D eigenvalue weighted by Gasteiger charge is 2.18. The molecule has 0 saturated carbocycles. The van der Waals surface area contributed by atoms with E-state index >= 15 is 0 Å². The van der Waals surface area contributed by atoms with Gasteiger partial charge in [-0.2, -0.15) is 5.10 Å². The first-order valence-electron chi connectivity index (χ1n) is 7.03. The summed E-state index contributed by atoms with van der Waals surface area (Å²) in [5.41, 5.74) is 4.52. The number of nitrogens with zero attached hydrogens (tertiary/aromatic N) is 2. The number of benzene rings is 2. The number of hydrogen-bond acceptors (Lipinski definition) is 2. The highest BCUT2D eigenvalue weighted by molar-refractivity contribution is 5.88. The van der Waals surface area contributed by atoms with E-state index in [2.05, 4.69) is 5.10 Å². The summed E-state index contributed by atoms with van der Waals surface area (Å²) in [7, 11) is 0. The first kappa shape index (κ1) is 14.1. The predicted molar refractivity (Wildman–Crippen MR) is 85.4 cm³/mol. The van der Waals surface area contributed by atoms with Crippen LogP contribution < -0.4 is 0 Å². The molecule has 0 fully saturated rings. The van der Waals surface area contributed by atoms with Crippen LogP contribution in [-0.2, 0) is 0 Å². The molecular formula is C18H16N2O2. The predicted octanol–water partition coefficient (Wildman–Crippen LogP) is 3.85. The van der Waals surface area contributed by atoms with Gasteiger partial charge in [0, 0.05) is 5.56 Å². The number of carboxylic acid groups (broad SMARTS) is 1. The third-order valence-corrected chi connectivity index (χ3v) is 3.65. The second-order valence-electron chi connectivity index (χ2n) is 5.24. The topological polar surface area (TPSA) is 55.1 Å². The third kappa shape index (κ3) is 2.39. The molecule has 3 rings (SSSR count). The summed E-state index contributed by atoms with van der Waals surface area (Å²) in [6, 6.07) is 17.1. The third-order valence-electron chi connectivity index (χ3n) is 3.65. The average molecular weight is 292 g/mol. The average Bonchev–Trinajstić information content (AvgIpc) is 2.93. The summed E-state index contributed by atoms with van der Waals surface area (Å²) in [4.78, 5) is 11.6. The van der Waals surface area contributed by atoms with Crippen LogP contribution in [0.5, 0.6) is 0 Å². The fraction of sp³-hybridized carbons (Fsp3) is 0.111. The fourth-order valence-electron chi connectivity index (χ4n) is 2.59. The van der Waals surface area contributed by atoms with Gasteiger partial charge in [0.2, 0.25) is 0 Å². The first-order valence-corrected chi connectivity index (χ1v) is 7.03. The molecule has 1 N–H and O–H groups in total. The Labute approximate surface area is 128 Å². The Hall–Kier alpha value is -2.88. The number of carbonyl (C=O) groups is 1. The van der Waals surface area contributed by atoms with Gasteiger partial charge in [-0.05, 0) is 31.0 Å². The molecule has 110 valence electrons. The van der Waals surface area contributed by atoms with Crippen molar-refractivity contribution in [3.63, 3.8) is 0 Å². The Morgan fingerprint density at radius 3 is 2.23 bits per heavy atom. The zero-order valence-electron chi connectivity index (χ0n) is 12.4. The molecule has 1 heterocycles. The van der Waals surface area contributed by atoms with E-state index in [1.807, 2.05) is 62.4 Å². The lowest BCUT2D eigenvalue weighted by molar-refractivity contribution is 0.0687. The molecule has 1 aromatic heterocycles. The zero-order valence-corrected chi connectivity index (χ0v) is 12.4. The number of aromatic carboxylic acids is 1.